The third-order valence-electron chi connectivity index (χ3n) is 4.61. The van der Waals surface area contributed by atoms with Crippen LogP contribution in [0.3, 0.4) is 0 Å². The maximum absolute atomic E-state index is 13.2. The van der Waals surface area contributed by atoms with E-state index in [2.05, 4.69) is 10.5 Å². The molecule has 0 radical (unpaired) electrons. The minimum absolute atomic E-state index is 0.312. The molecular weight excluding hydrogens is 387 g/mol. The van der Waals surface area contributed by atoms with Crippen molar-refractivity contribution in [3.63, 3.8) is 0 Å². The van der Waals surface area contributed by atoms with E-state index in [4.69, 9.17) is 14.0 Å². The van der Waals surface area contributed by atoms with Crippen molar-refractivity contribution in [3.8, 4) is 11.5 Å². The molecule has 1 aromatic heterocycles. The minimum Gasteiger partial charge on any atom is -0.493 e. The zero-order chi connectivity index (χ0) is 21.7. The summed E-state index contributed by atoms with van der Waals surface area (Å²) in [6.45, 7) is 5.74. The molecule has 1 N–H and O–H groups in total. The van der Waals surface area contributed by atoms with E-state index in [1.54, 1.807) is 32.2 Å². The van der Waals surface area contributed by atoms with Crippen molar-refractivity contribution in [1.82, 2.24) is 5.16 Å². The van der Waals surface area contributed by atoms with E-state index in [0.29, 0.717) is 35.1 Å². The van der Waals surface area contributed by atoms with Crippen LogP contribution in [0.5, 0.6) is 11.5 Å². The Morgan fingerprint density at radius 2 is 1.97 bits per heavy atom. The first-order valence-corrected chi connectivity index (χ1v) is 9.35. The SMILES string of the molecule is COc1cc(/C=C/C(=O)Nc2ccc(F)cc2C)ccc1OCc1c(C)noc1C. The van der Waals surface area contributed by atoms with Crippen molar-refractivity contribution in [3.05, 3.63) is 76.4 Å². The van der Waals surface area contributed by atoms with Gasteiger partial charge in [-0.3, -0.25) is 4.79 Å². The van der Waals surface area contributed by atoms with Gasteiger partial charge in [-0.2, -0.15) is 0 Å². The highest BCUT2D eigenvalue weighted by atomic mass is 19.1. The average molecular weight is 410 g/mol. The normalized spacial score (nSPS) is 11.0. The van der Waals surface area contributed by atoms with Gasteiger partial charge in [-0.1, -0.05) is 11.2 Å². The highest BCUT2D eigenvalue weighted by Crippen LogP contribution is 2.30. The van der Waals surface area contributed by atoms with Crippen molar-refractivity contribution in [2.75, 3.05) is 12.4 Å². The Morgan fingerprint density at radius 3 is 2.63 bits per heavy atom. The van der Waals surface area contributed by atoms with Crippen LogP contribution in [0.25, 0.3) is 6.08 Å². The first-order chi connectivity index (χ1) is 14.4. The molecule has 0 spiro atoms. The van der Waals surface area contributed by atoms with Crippen LogP contribution >= 0.6 is 0 Å². The summed E-state index contributed by atoms with van der Waals surface area (Å²) in [6, 6.07) is 9.57. The van der Waals surface area contributed by atoms with Gasteiger partial charge in [-0.25, -0.2) is 4.39 Å². The number of amides is 1. The smallest absolute Gasteiger partial charge is 0.248 e. The molecule has 1 amide bonds. The van der Waals surface area contributed by atoms with Gasteiger partial charge in [-0.05, 0) is 68.3 Å². The van der Waals surface area contributed by atoms with Crippen LogP contribution in [0.15, 0.2) is 47.0 Å². The number of hydrogen-bond donors (Lipinski definition) is 1. The second kappa shape index (κ2) is 9.26. The maximum atomic E-state index is 13.2. The molecule has 0 saturated heterocycles. The fraction of sp³-hybridized carbons (Fsp3) is 0.217. The van der Waals surface area contributed by atoms with Crippen LogP contribution in [-0.4, -0.2) is 18.2 Å². The fourth-order valence-electron chi connectivity index (χ4n) is 2.88. The highest BCUT2D eigenvalue weighted by molar-refractivity contribution is 6.02. The monoisotopic (exact) mass is 410 g/mol. The van der Waals surface area contributed by atoms with Crippen molar-refractivity contribution in [2.24, 2.45) is 0 Å². The summed E-state index contributed by atoms with van der Waals surface area (Å²) in [7, 11) is 1.55. The van der Waals surface area contributed by atoms with Crippen molar-refractivity contribution in [1.29, 1.82) is 0 Å². The van der Waals surface area contributed by atoms with E-state index in [-0.39, 0.29) is 11.7 Å². The Kier molecular flexibility index (Phi) is 6.51. The molecule has 7 heteroatoms. The number of hydrogen-bond acceptors (Lipinski definition) is 5. The van der Waals surface area contributed by atoms with Gasteiger partial charge >= 0.3 is 0 Å². The number of nitrogens with zero attached hydrogens (tertiary/aromatic N) is 1. The lowest BCUT2D eigenvalue weighted by atomic mass is 10.1. The summed E-state index contributed by atoms with van der Waals surface area (Å²) < 4.78 is 29.6. The number of anilines is 1. The van der Waals surface area contributed by atoms with Crippen LogP contribution in [0, 0.1) is 26.6 Å². The molecule has 0 saturated carbocycles. The molecule has 0 aliphatic carbocycles. The standard InChI is InChI=1S/C23H23FN2O4/c1-14-11-18(24)7-8-20(14)25-23(27)10-6-17-5-9-21(22(12-17)28-4)29-13-19-15(2)26-30-16(19)3/h5-12H,13H2,1-4H3,(H,25,27)/b10-6+. The Balaban J connectivity index is 1.67. The van der Waals surface area contributed by atoms with Gasteiger partial charge in [-0.15, -0.1) is 0 Å². The van der Waals surface area contributed by atoms with E-state index in [1.807, 2.05) is 19.9 Å². The molecule has 30 heavy (non-hydrogen) atoms. The summed E-state index contributed by atoms with van der Waals surface area (Å²) in [5.41, 5.74) is 3.66. The lowest BCUT2D eigenvalue weighted by Gasteiger charge is -2.11. The third kappa shape index (κ3) is 5.05. The number of carbonyl (C=O) groups excluding carboxylic acids is 1. The van der Waals surface area contributed by atoms with Crippen molar-refractivity contribution in [2.45, 2.75) is 27.4 Å². The van der Waals surface area contributed by atoms with E-state index < -0.39 is 0 Å². The zero-order valence-electron chi connectivity index (χ0n) is 17.3. The molecule has 0 unspecified atom stereocenters. The molecule has 3 aromatic rings. The lowest BCUT2D eigenvalue weighted by molar-refractivity contribution is -0.111. The van der Waals surface area contributed by atoms with Gasteiger partial charge in [0.15, 0.2) is 11.5 Å². The molecule has 0 aliphatic rings. The van der Waals surface area contributed by atoms with Crippen LogP contribution in [0.2, 0.25) is 0 Å². The average Bonchev–Trinajstić information content (AvgIpc) is 3.04. The summed E-state index contributed by atoms with van der Waals surface area (Å²) in [5.74, 6) is 1.17. The molecule has 0 fully saturated rings. The topological polar surface area (TPSA) is 73.6 Å². The number of aromatic nitrogens is 1. The van der Waals surface area contributed by atoms with Gasteiger partial charge in [0, 0.05) is 11.8 Å². The number of ether oxygens (including phenoxy) is 2. The number of methoxy groups -OCH3 is 1. The van der Waals surface area contributed by atoms with E-state index in [1.165, 1.54) is 24.3 Å². The Morgan fingerprint density at radius 1 is 1.17 bits per heavy atom. The highest BCUT2D eigenvalue weighted by Gasteiger charge is 2.12. The Labute approximate surface area is 174 Å². The molecule has 156 valence electrons. The maximum Gasteiger partial charge on any atom is 0.248 e. The lowest BCUT2D eigenvalue weighted by Crippen LogP contribution is -2.09. The van der Waals surface area contributed by atoms with Gasteiger partial charge in [0.25, 0.3) is 0 Å². The first kappa shape index (κ1) is 21.1. The molecule has 0 atom stereocenters. The number of nitrogens with one attached hydrogen (secondary N) is 1. The van der Waals surface area contributed by atoms with E-state index in [0.717, 1.165) is 16.8 Å². The number of carbonyl (C=O) groups is 1. The van der Waals surface area contributed by atoms with Crippen LogP contribution in [0.1, 0.15) is 28.1 Å². The molecule has 1 heterocycles. The number of halogens is 1. The quantitative estimate of drug-likeness (QED) is 0.556. The van der Waals surface area contributed by atoms with Gasteiger partial charge in [0.05, 0.1) is 18.4 Å². The predicted molar refractivity (Wildman–Crippen MR) is 112 cm³/mol. The molecule has 0 aliphatic heterocycles. The zero-order valence-corrected chi connectivity index (χ0v) is 17.3. The Bertz CT molecular complexity index is 1070. The second-order valence-electron chi connectivity index (χ2n) is 6.78. The summed E-state index contributed by atoms with van der Waals surface area (Å²) in [6.07, 6.45) is 3.07. The number of aryl methyl sites for hydroxylation is 3. The van der Waals surface area contributed by atoms with E-state index in [9.17, 15) is 9.18 Å². The second-order valence-corrected chi connectivity index (χ2v) is 6.78. The Hall–Kier alpha value is -3.61. The molecular formula is C23H23FN2O4. The summed E-state index contributed by atoms with van der Waals surface area (Å²) >= 11 is 0. The molecule has 3 rings (SSSR count). The van der Waals surface area contributed by atoms with Crippen molar-refractivity contribution >= 4 is 17.7 Å². The van der Waals surface area contributed by atoms with E-state index >= 15 is 0 Å². The van der Waals surface area contributed by atoms with Crippen LogP contribution in [-0.2, 0) is 11.4 Å². The summed E-state index contributed by atoms with van der Waals surface area (Å²) in [5, 5.41) is 6.64. The first-order valence-electron chi connectivity index (χ1n) is 9.35. The molecule has 2 aromatic carbocycles. The van der Waals surface area contributed by atoms with Gasteiger partial charge in [0.1, 0.15) is 18.2 Å². The molecule has 0 bridgehead atoms. The van der Waals surface area contributed by atoms with Gasteiger partial charge in [0.2, 0.25) is 5.91 Å². The predicted octanol–water partition coefficient (Wildman–Crippen LogP) is 4.98. The van der Waals surface area contributed by atoms with Crippen LogP contribution < -0.4 is 14.8 Å². The summed E-state index contributed by atoms with van der Waals surface area (Å²) in [4.78, 5) is 12.2. The van der Waals surface area contributed by atoms with Gasteiger partial charge < -0.3 is 19.3 Å². The van der Waals surface area contributed by atoms with Crippen molar-refractivity contribution < 1.29 is 23.2 Å². The fourth-order valence-corrected chi connectivity index (χ4v) is 2.88. The third-order valence-corrected chi connectivity index (χ3v) is 4.61. The number of benzene rings is 2. The largest absolute Gasteiger partial charge is 0.493 e. The minimum atomic E-state index is -0.343. The van der Waals surface area contributed by atoms with Crippen LogP contribution in [0.4, 0.5) is 10.1 Å². The number of rotatable bonds is 7. The molecule has 6 nitrogen and oxygen atoms in total.